The van der Waals surface area contributed by atoms with E-state index in [-0.39, 0.29) is 0 Å². The third kappa shape index (κ3) is 1.49. The molecule has 1 aromatic carbocycles. The molecule has 0 bridgehead atoms. The highest BCUT2D eigenvalue weighted by atomic mass is 16.1. The molecule has 0 amide bonds. The molecule has 0 spiro atoms. The largest absolute Gasteiger partial charge is 0.298 e. The monoisotopic (exact) mass is 172 g/mol. The van der Waals surface area contributed by atoms with Gasteiger partial charge < -0.3 is 0 Å². The van der Waals surface area contributed by atoms with Crippen LogP contribution < -0.4 is 0 Å². The number of carbonyl (C=O) groups excluding carboxylic acids is 1. The first kappa shape index (κ1) is 7.73. The summed E-state index contributed by atoms with van der Waals surface area (Å²) in [6, 6.07) is 7.40. The predicted molar refractivity (Wildman–Crippen MR) is 49.4 cm³/mol. The molecule has 1 heterocycles. The highest BCUT2D eigenvalue weighted by Gasteiger charge is 1.98. The highest BCUT2D eigenvalue weighted by molar-refractivity contribution is 5.78. The molecule has 3 heteroatoms. The van der Waals surface area contributed by atoms with Crippen molar-refractivity contribution in [3.63, 3.8) is 0 Å². The molecule has 0 unspecified atom stereocenters. The zero-order valence-electron chi connectivity index (χ0n) is 6.90. The van der Waals surface area contributed by atoms with E-state index >= 15 is 0 Å². The van der Waals surface area contributed by atoms with Crippen LogP contribution in [0.25, 0.3) is 11.1 Å². The number of hydrogen-bond donors (Lipinski definition) is 1. The van der Waals surface area contributed by atoms with Gasteiger partial charge in [0.2, 0.25) is 0 Å². The molecular weight excluding hydrogens is 164 g/mol. The molecule has 0 fully saturated rings. The minimum Gasteiger partial charge on any atom is -0.298 e. The fourth-order valence-electron chi connectivity index (χ4n) is 1.20. The first-order chi connectivity index (χ1) is 6.40. The number of nitrogens with zero attached hydrogens (tertiary/aromatic N) is 1. The molecule has 0 saturated carbocycles. The van der Waals surface area contributed by atoms with Crippen molar-refractivity contribution in [1.29, 1.82) is 0 Å². The van der Waals surface area contributed by atoms with Gasteiger partial charge in [-0.05, 0) is 11.6 Å². The lowest BCUT2D eigenvalue weighted by Crippen LogP contribution is -1.80. The molecule has 2 rings (SSSR count). The second-order valence-electron chi connectivity index (χ2n) is 2.73. The summed E-state index contributed by atoms with van der Waals surface area (Å²) in [7, 11) is 0. The van der Waals surface area contributed by atoms with E-state index < -0.39 is 0 Å². The fraction of sp³-hybridized carbons (Fsp3) is 0. The maximum absolute atomic E-state index is 10.5. The zero-order valence-corrected chi connectivity index (χ0v) is 6.90. The van der Waals surface area contributed by atoms with Crippen LogP contribution in [0.4, 0.5) is 0 Å². The molecule has 3 nitrogen and oxygen atoms in total. The van der Waals surface area contributed by atoms with Crippen LogP contribution in [-0.2, 0) is 0 Å². The number of aldehydes is 1. The van der Waals surface area contributed by atoms with Gasteiger partial charge in [-0.25, -0.2) is 0 Å². The Bertz CT molecular complexity index is 407. The summed E-state index contributed by atoms with van der Waals surface area (Å²) in [6.07, 6.45) is 4.36. The molecule has 1 aromatic heterocycles. The second kappa shape index (κ2) is 3.23. The van der Waals surface area contributed by atoms with Gasteiger partial charge in [-0.3, -0.25) is 9.89 Å². The molecule has 0 aliphatic heterocycles. The van der Waals surface area contributed by atoms with Gasteiger partial charge in [-0.15, -0.1) is 0 Å². The number of rotatable bonds is 2. The number of carbonyl (C=O) groups is 1. The Morgan fingerprint density at radius 2 is 2.23 bits per heavy atom. The van der Waals surface area contributed by atoms with E-state index in [4.69, 9.17) is 0 Å². The van der Waals surface area contributed by atoms with Crippen molar-refractivity contribution in [3.8, 4) is 11.1 Å². The average molecular weight is 172 g/mol. The van der Waals surface area contributed by atoms with Gasteiger partial charge in [-0.2, -0.15) is 5.10 Å². The van der Waals surface area contributed by atoms with E-state index in [0.717, 1.165) is 17.4 Å². The third-order valence-corrected chi connectivity index (χ3v) is 1.85. The smallest absolute Gasteiger partial charge is 0.150 e. The highest BCUT2D eigenvalue weighted by Crippen LogP contribution is 2.17. The van der Waals surface area contributed by atoms with Crippen LogP contribution in [0.5, 0.6) is 0 Å². The van der Waals surface area contributed by atoms with Gasteiger partial charge in [0.15, 0.2) is 0 Å². The van der Waals surface area contributed by atoms with Crippen molar-refractivity contribution >= 4 is 6.29 Å². The Hall–Kier alpha value is -1.90. The van der Waals surface area contributed by atoms with Crippen LogP contribution in [0.15, 0.2) is 36.7 Å². The van der Waals surface area contributed by atoms with Crippen LogP contribution in [0.3, 0.4) is 0 Å². The maximum atomic E-state index is 10.5. The lowest BCUT2D eigenvalue weighted by molar-refractivity contribution is 0.112. The molecule has 64 valence electrons. The first-order valence-electron chi connectivity index (χ1n) is 3.94. The Kier molecular flexibility index (Phi) is 1.92. The molecule has 0 radical (unpaired) electrons. The molecule has 0 atom stereocenters. The number of benzene rings is 1. The standard InChI is InChI=1S/C10H8N2O/c13-7-8-2-1-3-9(4-8)10-5-11-12-6-10/h1-7H,(H,11,12). The number of hydrogen-bond acceptors (Lipinski definition) is 2. The minimum atomic E-state index is 0.679. The SMILES string of the molecule is O=Cc1cccc(-c2cn[nH]c2)c1. The number of aromatic amines is 1. The Morgan fingerprint density at radius 1 is 1.31 bits per heavy atom. The predicted octanol–water partition coefficient (Wildman–Crippen LogP) is 1.89. The van der Waals surface area contributed by atoms with Gasteiger partial charge in [0.1, 0.15) is 6.29 Å². The van der Waals surface area contributed by atoms with Gasteiger partial charge in [-0.1, -0.05) is 18.2 Å². The maximum Gasteiger partial charge on any atom is 0.150 e. The van der Waals surface area contributed by atoms with Crippen LogP contribution in [0.1, 0.15) is 10.4 Å². The van der Waals surface area contributed by atoms with Crippen molar-refractivity contribution in [2.24, 2.45) is 0 Å². The normalized spacial score (nSPS) is 9.85. The van der Waals surface area contributed by atoms with E-state index in [9.17, 15) is 4.79 Å². The number of nitrogens with one attached hydrogen (secondary N) is 1. The molecule has 0 aliphatic carbocycles. The van der Waals surface area contributed by atoms with Crippen molar-refractivity contribution in [3.05, 3.63) is 42.2 Å². The van der Waals surface area contributed by atoms with Gasteiger partial charge in [0.25, 0.3) is 0 Å². The van der Waals surface area contributed by atoms with E-state index in [2.05, 4.69) is 10.2 Å². The van der Waals surface area contributed by atoms with E-state index in [0.29, 0.717) is 5.56 Å². The molecule has 2 aromatic rings. The quantitative estimate of drug-likeness (QED) is 0.703. The summed E-state index contributed by atoms with van der Waals surface area (Å²) in [5, 5.41) is 6.57. The molecular formula is C10H8N2O. The van der Waals surface area contributed by atoms with Gasteiger partial charge in [0, 0.05) is 17.3 Å². The van der Waals surface area contributed by atoms with E-state index in [1.807, 2.05) is 18.2 Å². The van der Waals surface area contributed by atoms with Crippen molar-refractivity contribution in [2.75, 3.05) is 0 Å². The second-order valence-corrected chi connectivity index (χ2v) is 2.73. The minimum absolute atomic E-state index is 0.679. The van der Waals surface area contributed by atoms with Crippen LogP contribution >= 0.6 is 0 Å². The molecule has 0 saturated heterocycles. The summed E-state index contributed by atoms with van der Waals surface area (Å²) in [4.78, 5) is 10.5. The lowest BCUT2D eigenvalue weighted by atomic mass is 10.1. The Balaban J connectivity index is 2.47. The van der Waals surface area contributed by atoms with Gasteiger partial charge in [0.05, 0.1) is 6.20 Å². The summed E-state index contributed by atoms with van der Waals surface area (Å²) in [5.41, 5.74) is 2.67. The average Bonchev–Trinajstić information content (AvgIpc) is 2.71. The van der Waals surface area contributed by atoms with E-state index in [1.54, 1.807) is 18.5 Å². The van der Waals surface area contributed by atoms with Crippen LogP contribution in [0, 0.1) is 0 Å². The van der Waals surface area contributed by atoms with Crippen molar-refractivity contribution in [2.45, 2.75) is 0 Å². The number of aromatic nitrogens is 2. The van der Waals surface area contributed by atoms with E-state index in [1.165, 1.54) is 0 Å². The summed E-state index contributed by atoms with van der Waals surface area (Å²) < 4.78 is 0. The number of H-pyrrole nitrogens is 1. The molecule has 13 heavy (non-hydrogen) atoms. The Morgan fingerprint density at radius 3 is 2.92 bits per heavy atom. The summed E-state index contributed by atoms with van der Waals surface area (Å²) in [5.74, 6) is 0. The molecule has 0 aliphatic rings. The zero-order chi connectivity index (χ0) is 9.10. The Labute approximate surface area is 75.4 Å². The lowest BCUT2D eigenvalue weighted by Gasteiger charge is -1.96. The third-order valence-electron chi connectivity index (χ3n) is 1.85. The van der Waals surface area contributed by atoms with Crippen LogP contribution in [0.2, 0.25) is 0 Å². The fourth-order valence-corrected chi connectivity index (χ4v) is 1.20. The molecule has 1 N–H and O–H groups in total. The van der Waals surface area contributed by atoms with Gasteiger partial charge >= 0.3 is 0 Å². The summed E-state index contributed by atoms with van der Waals surface area (Å²) >= 11 is 0. The van der Waals surface area contributed by atoms with Crippen molar-refractivity contribution in [1.82, 2.24) is 10.2 Å². The van der Waals surface area contributed by atoms with Crippen molar-refractivity contribution < 1.29 is 4.79 Å². The van der Waals surface area contributed by atoms with Crippen LogP contribution in [-0.4, -0.2) is 16.5 Å². The topological polar surface area (TPSA) is 45.8 Å². The summed E-state index contributed by atoms with van der Waals surface area (Å²) in [6.45, 7) is 0. The first-order valence-corrected chi connectivity index (χ1v) is 3.94.